The van der Waals surface area contributed by atoms with E-state index >= 15 is 0 Å². The molecule has 5 nitrogen and oxygen atoms in total. The molecule has 0 bridgehead atoms. The monoisotopic (exact) mass is 240 g/mol. The molecule has 0 saturated carbocycles. The van der Waals surface area contributed by atoms with Crippen molar-refractivity contribution >= 4 is 17.6 Å². The number of anilines is 1. The van der Waals surface area contributed by atoms with Crippen LogP contribution in [0.3, 0.4) is 0 Å². The minimum atomic E-state index is 0.297. The summed E-state index contributed by atoms with van der Waals surface area (Å²) in [5.74, 6) is 7.17. The van der Waals surface area contributed by atoms with E-state index in [9.17, 15) is 0 Å². The predicted molar refractivity (Wildman–Crippen MR) is 64.4 cm³/mol. The highest BCUT2D eigenvalue weighted by Gasteiger charge is 2.21. The van der Waals surface area contributed by atoms with Crippen molar-refractivity contribution in [3.05, 3.63) is 11.9 Å². The lowest BCUT2D eigenvalue weighted by atomic mass is 10.2. The van der Waals surface area contributed by atoms with Crippen LogP contribution in [0.25, 0.3) is 0 Å². The number of aromatic nitrogens is 2. The first kappa shape index (κ1) is 11.6. The van der Waals surface area contributed by atoms with Crippen LogP contribution >= 0.6 is 11.8 Å². The molecule has 0 unspecified atom stereocenters. The molecule has 0 aliphatic carbocycles. The Bertz CT molecular complexity index is 368. The summed E-state index contributed by atoms with van der Waals surface area (Å²) in [6.07, 6.45) is 0. The van der Waals surface area contributed by atoms with Crippen molar-refractivity contribution in [2.75, 3.05) is 18.6 Å². The number of nitrogen functional groups attached to an aromatic ring is 1. The summed E-state index contributed by atoms with van der Waals surface area (Å²) in [5.41, 5.74) is 2.58. The molecule has 2 heterocycles. The van der Waals surface area contributed by atoms with E-state index in [2.05, 4.69) is 29.2 Å². The molecular formula is C10H16N4OS. The quantitative estimate of drug-likeness (QED) is 0.470. The fourth-order valence-electron chi connectivity index (χ4n) is 1.29. The maximum Gasteiger partial charge on any atom is 0.144 e. The zero-order valence-corrected chi connectivity index (χ0v) is 10.3. The molecule has 0 spiro atoms. The maximum atomic E-state index is 5.39. The molecule has 1 saturated heterocycles. The van der Waals surface area contributed by atoms with Gasteiger partial charge in [-0.05, 0) is 0 Å². The fourth-order valence-corrected chi connectivity index (χ4v) is 2.28. The van der Waals surface area contributed by atoms with Crippen LogP contribution in [0.4, 0.5) is 5.82 Å². The number of hydrazine groups is 1. The average Bonchev–Trinajstić information content (AvgIpc) is 2.23. The molecule has 1 aromatic rings. The van der Waals surface area contributed by atoms with Gasteiger partial charge in [0.15, 0.2) is 0 Å². The molecule has 1 fully saturated rings. The molecule has 3 N–H and O–H groups in total. The van der Waals surface area contributed by atoms with Gasteiger partial charge in [0.25, 0.3) is 0 Å². The lowest BCUT2D eigenvalue weighted by Crippen LogP contribution is -2.30. The molecule has 1 aliphatic heterocycles. The molecule has 1 aromatic heterocycles. The lowest BCUT2D eigenvalue weighted by Gasteiger charge is -2.25. The van der Waals surface area contributed by atoms with Gasteiger partial charge in [0.2, 0.25) is 0 Å². The summed E-state index contributed by atoms with van der Waals surface area (Å²) >= 11 is 1.72. The first-order valence-corrected chi connectivity index (χ1v) is 6.17. The van der Waals surface area contributed by atoms with Crippen LogP contribution < -0.4 is 11.3 Å². The highest BCUT2D eigenvalue weighted by molar-refractivity contribution is 8.00. The molecule has 16 heavy (non-hydrogen) atoms. The number of nitrogens with one attached hydrogen (secondary N) is 1. The van der Waals surface area contributed by atoms with Gasteiger partial charge in [-0.2, -0.15) is 0 Å². The molecule has 6 heteroatoms. The normalized spacial score (nSPS) is 16.2. The molecular weight excluding hydrogens is 224 g/mol. The Kier molecular flexibility index (Phi) is 3.63. The molecule has 0 atom stereocenters. The van der Waals surface area contributed by atoms with Crippen LogP contribution in [0.5, 0.6) is 0 Å². The zero-order valence-electron chi connectivity index (χ0n) is 9.43. The van der Waals surface area contributed by atoms with Gasteiger partial charge in [-0.1, -0.05) is 25.6 Å². The highest BCUT2D eigenvalue weighted by atomic mass is 32.2. The smallest absolute Gasteiger partial charge is 0.144 e. The summed E-state index contributed by atoms with van der Waals surface area (Å²) in [6, 6.07) is 1.87. The van der Waals surface area contributed by atoms with E-state index in [1.165, 1.54) is 0 Å². The Balaban J connectivity index is 2.18. The number of rotatable bonds is 4. The van der Waals surface area contributed by atoms with Crippen LogP contribution in [0.15, 0.2) is 11.1 Å². The van der Waals surface area contributed by atoms with Gasteiger partial charge in [0.1, 0.15) is 16.7 Å². The summed E-state index contributed by atoms with van der Waals surface area (Å²) in [4.78, 5) is 8.81. The highest BCUT2D eigenvalue weighted by Crippen LogP contribution is 2.28. The number of nitrogens with zero attached hydrogens (tertiary/aromatic N) is 2. The first-order valence-electron chi connectivity index (χ1n) is 5.29. The first-order chi connectivity index (χ1) is 7.69. The standard InChI is InChI=1S/C10H16N4OS/c1-6(2)10-12-8(14-11)3-9(13-10)16-7-4-15-5-7/h3,6-7H,4-5,11H2,1-2H3,(H,12,13,14). The van der Waals surface area contributed by atoms with Gasteiger partial charge in [-0.25, -0.2) is 15.8 Å². The van der Waals surface area contributed by atoms with Crippen LogP contribution in [0, 0.1) is 0 Å². The minimum Gasteiger partial charge on any atom is -0.379 e. The fraction of sp³-hybridized carbons (Fsp3) is 0.600. The number of nitrogens with two attached hydrogens (primary N) is 1. The van der Waals surface area contributed by atoms with Gasteiger partial charge >= 0.3 is 0 Å². The lowest BCUT2D eigenvalue weighted by molar-refractivity contribution is 0.0454. The Labute approximate surface area is 99.2 Å². The van der Waals surface area contributed by atoms with E-state index in [1.54, 1.807) is 11.8 Å². The number of thioether (sulfide) groups is 1. The van der Waals surface area contributed by atoms with Crippen LogP contribution in [0.1, 0.15) is 25.6 Å². The molecule has 0 amide bonds. The second kappa shape index (κ2) is 4.99. The van der Waals surface area contributed by atoms with E-state index in [4.69, 9.17) is 10.6 Å². The maximum absolute atomic E-state index is 5.39. The summed E-state index contributed by atoms with van der Waals surface area (Å²) < 4.78 is 5.14. The van der Waals surface area contributed by atoms with Crippen molar-refractivity contribution in [2.24, 2.45) is 5.84 Å². The second-order valence-electron chi connectivity index (χ2n) is 4.03. The van der Waals surface area contributed by atoms with Crippen molar-refractivity contribution in [3.8, 4) is 0 Å². The zero-order chi connectivity index (χ0) is 11.5. The van der Waals surface area contributed by atoms with Crippen LogP contribution in [-0.4, -0.2) is 28.4 Å². The molecule has 1 aliphatic rings. The van der Waals surface area contributed by atoms with Crippen molar-refractivity contribution in [1.29, 1.82) is 0 Å². The Hall–Kier alpha value is -0.850. The summed E-state index contributed by atoms with van der Waals surface area (Å²) in [5, 5.41) is 1.47. The van der Waals surface area contributed by atoms with Crippen molar-refractivity contribution < 1.29 is 4.74 Å². The van der Waals surface area contributed by atoms with Crippen molar-refractivity contribution in [2.45, 2.75) is 30.0 Å². The predicted octanol–water partition coefficient (Wildman–Crippen LogP) is 1.38. The number of hydrogen-bond donors (Lipinski definition) is 2. The average molecular weight is 240 g/mol. The minimum absolute atomic E-state index is 0.297. The third-order valence-corrected chi connectivity index (χ3v) is 3.34. The van der Waals surface area contributed by atoms with Gasteiger partial charge in [-0.15, -0.1) is 0 Å². The Morgan fingerprint density at radius 1 is 1.50 bits per heavy atom. The topological polar surface area (TPSA) is 73.1 Å². The molecule has 0 aromatic carbocycles. The third kappa shape index (κ3) is 2.63. The molecule has 88 valence electrons. The van der Waals surface area contributed by atoms with E-state index in [0.717, 1.165) is 24.1 Å². The number of ether oxygens (including phenoxy) is 1. The van der Waals surface area contributed by atoms with Crippen molar-refractivity contribution in [3.63, 3.8) is 0 Å². The number of hydrogen-bond acceptors (Lipinski definition) is 6. The van der Waals surface area contributed by atoms with E-state index in [0.29, 0.717) is 17.0 Å². The van der Waals surface area contributed by atoms with Crippen LogP contribution in [0.2, 0.25) is 0 Å². The Morgan fingerprint density at radius 3 is 2.75 bits per heavy atom. The van der Waals surface area contributed by atoms with E-state index in [-0.39, 0.29) is 0 Å². The van der Waals surface area contributed by atoms with E-state index < -0.39 is 0 Å². The molecule has 2 rings (SSSR count). The SMILES string of the molecule is CC(C)c1nc(NN)cc(SC2COC2)n1. The van der Waals surface area contributed by atoms with Gasteiger partial charge in [0, 0.05) is 12.0 Å². The summed E-state index contributed by atoms with van der Waals surface area (Å²) in [6.45, 7) is 5.74. The van der Waals surface area contributed by atoms with Gasteiger partial charge in [-0.3, -0.25) is 0 Å². The largest absolute Gasteiger partial charge is 0.379 e. The third-order valence-electron chi connectivity index (χ3n) is 2.28. The van der Waals surface area contributed by atoms with Gasteiger partial charge in [0.05, 0.1) is 18.5 Å². The van der Waals surface area contributed by atoms with Crippen LogP contribution in [-0.2, 0) is 4.74 Å². The molecule has 0 radical (unpaired) electrons. The second-order valence-corrected chi connectivity index (χ2v) is 5.35. The Morgan fingerprint density at radius 2 is 2.25 bits per heavy atom. The van der Waals surface area contributed by atoms with Crippen molar-refractivity contribution in [1.82, 2.24) is 9.97 Å². The van der Waals surface area contributed by atoms with Gasteiger partial charge < -0.3 is 10.2 Å². The summed E-state index contributed by atoms with van der Waals surface area (Å²) in [7, 11) is 0. The van der Waals surface area contributed by atoms with E-state index in [1.807, 2.05) is 6.07 Å².